The van der Waals surface area contributed by atoms with E-state index in [1.54, 1.807) is 13.0 Å². The van der Waals surface area contributed by atoms with Crippen LogP contribution in [-0.2, 0) is 9.84 Å². The minimum absolute atomic E-state index is 0.0355. The standard InChI is InChI=1S/C12H19N3O4S/c1-4-13-10-5-11(7-12(6-10)15(16)17)14-9(2)8-20(3,18)19/h5-7,9,13-14H,4,8H2,1-3H3. The van der Waals surface area contributed by atoms with E-state index in [4.69, 9.17) is 0 Å². The number of anilines is 2. The molecular weight excluding hydrogens is 282 g/mol. The summed E-state index contributed by atoms with van der Waals surface area (Å²) in [6.07, 6.45) is 1.16. The fraction of sp³-hybridized carbons (Fsp3) is 0.500. The zero-order valence-electron chi connectivity index (χ0n) is 11.7. The van der Waals surface area contributed by atoms with Gasteiger partial charge in [0.15, 0.2) is 0 Å². The fourth-order valence-corrected chi connectivity index (χ4v) is 2.88. The zero-order valence-corrected chi connectivity index (χ0v) is 12.5. The molecule has 0 aliphatic rings. The number of nitro groups is 1. The summed E-state index contributed by atoms with van der Waals surface area (Å²) in [4.78, 5) is 10.4. The van der Waals surface area contributed by atoms with Crippen LogP contribution in [0.1, 0.15) is 13.8 Å². The summed E-state index contributed by atoms with van der Waals surface area (Å²) in [5.74, 6) is -0.0355. The summed E-state index contributed by atoms with van der Waals surface area (Å²) in [7, 11) is -3.10. The Morgan fingerprint density at radius 2 is 1.90 bits per heavy atom. The van der Waals surface area contributed by atoms with Crippen molar-refractivity contribution in [3.8, 4) is 0 Å². The van der Waals surface area contributed by atoms with Crippen molar-refractivity contribution in [3.05, 3.63) is 28.3 Å². The van der Waals surface area contributed by atoms with Crippen LogP contribution in [0.15, 0.2) is 18.2 Å². The van der Waals surface area contributed by atoms with E-state index in [0.717, 1.165) is 6.26 Å². The van der Waals surface area contributed by atoms with Gasteiger partial charge in [-0.1, -0.05) is 0 Å². The van der Waals surface area contributed by atoms with Crippen molar-refractivity contribution < 1.29 is 13.3 Å². The van der Waals surface area contributed by atoms with Gasteiger partial charge in [-0.3, -0.25) is 10.1 Å². The molecule has 0 radical (unpaired) electrons. The number of benzene rings is 1. The molecule has 0 bridgehead atoms. The van der Waals surface area contributed by atoms with Gasteiger partial charge in [0.05, 0.1) is 10.7 Å². The molecule has 8 heteroatoms. The van der Waals surface area contributed by atoms with Gasteiger partial charge in [-0.2, -0.15) is 0 Å². The molecule has 1 aromatic carbocycles. The van der Waals surface area contributed by atoms with Gasteiger partial charge < -0.3 is 10.6 Å². The lowest BCUT2D eigenvalue weighted by atomic mass is 10.2. The summed E-state index contributed by atoms with van der Waals surface area (Å²) in [5, 5.41) is 16.8. The van der Waals surface area contributed by atoms with E-state index in [1.807, 2.05) is 6.92 Å². The molecule has 0 saturated carbocycles. The maximum Gasteiger partial charge on any atom is 0.273 e. The molecule has 0 spiro atoms. The molecule has 1 aromatic rings. The molecule has 0 fully saturated rings. The van der Waals surface area contributed by atoms with E-state index in [1.165, 1.54) is 12.1 Å². The third-order valence-corrected chi connectivity index (χ3v) is 3.58. The summed E-state index contributed by atoms with van der Waals surface area (Å²) in [6.45, 7) is 4.24. The van der Waals surface area contributed by atoms with E-state index in [2.05, 4.69) is 10.6 Å². The van der Waals surface area contributed by atoms with E-state index in [-0.39, 0.29) is 17.5 Å². The lowest BCUT2D eigenvalue weighted by molar-refractivity contribution is -0.384. The molecule has 20 heavy (non-hydrogen) atoms. The van der Waals surface area contributed by atoms with Gasteiger partial charge >= 0.3 is 0 Å². The SMILES string of the molecule is CCNc1cc(NC(C)CS(C)(=O)=O)cc([N+](=O)[O-])c1. The molecule has 0 aliphatic heterocycles. The van der Waals surface area contributed by atoms with Crippen LogP contribution < -0.4 is 10.6 Å². The average molecular weight is 301 g/mol. The van der Waals surface area contributed by atoms with Gasteiger partial charge in [-0.15, -0.1) is 0 Å². The highest BCUT2D eigenvalue weighted by Gasteiger charge is 2.14. The van der Waals surface area contributed by atoms with E-state index < -0.39 is 14.8 Å². The molecule has 1 rings (SSSR count). The number of nitrogens with zero attached hydrogens (tertiary/aromatic N) is 1. The first kappa shape index (κ1) is 16.2. The van der Waals surface area contributed by atoms with Crippen LogP contribution >= 0.6 is 0 Å². The molecule has 0 aromatic heterocycles. The molecule has 112 valence electrons. The van der Waals surface area contributed by atoms with Crippen LogP contribution in [0.3, 0.4) is 0 Å². The Balaban J connectivity index is 2.96. The lowest BCUT2D eigenvalue weighted by Gasteiger charge is -2.15. The maximum absolute atomic E-state index is 11.2. The largest absolute Gasteiger partial charge is 0.385 e. The second kappa shape index (κ2) is 6.56. The number of hydrogen-bond donors (Lipinski definition) is 2. The van der Waals surface area contributed by atoms with Gasteiger partial charge in [0.25, 0.3) is 5.69 Å². The maximum atomic E-state index is 11.2. The molecule has 0 aliphatic carbocycles. The molecule has 2 N–H and O–H groups in total. The Labute approximate surface area is 118 Å². The molecule has 0 amide bonds. The quantitative estimate of drug-likeness (QED) is 0.589. The number of non-ortho nitro benzene ring substituents is 1. The Morgan fingerprint density at radius 1 is 1.30 bits per heavy atom. The number of sulfone groups is 1. The lowest BCUT2D eigenvalue weighted by Crippen LogP contribution is -2.25. The minimum Gasteiger partial charge on any atom is -0.385 e. The van der Waals surface area contributed by atoms with E-state index >= 15 is 0 Å². The van der Waals surface area contributed by atoms with Crippen molar-refractivity contribution in [2.45, 2.75) is 19.9 Å². The highest BCUT2D eigenvalue weighted by Crippen LogP contribution is 2.24. The second-order valence-corrected chi connectivity index (χ2v) is 6.88. The minimum atomic E-state index is -3.10. The second-order valence-electron chi connectivity index (χ2n) is 4.69. The van der Waals surface area contributed by atoms with Gasteiger partial charge in [-0.05, 0) is 19.9 Å². The van der Waals surface area contributed by atoms with Crippen LogP contribution in [0.4, 0.5) is 17.1 Å². The molecule has 0 saturated heterocycles. The first-order valence-electron chi connectivity index (χ1n) is 6.19. The summed E-state index contributed by atoms with van der Waals surface area (Å²) < 4.78 is 22.4. The van der Waals surface area contributed by atoms with E-state index in [9.17, 15) is 18.5 Å². The molecule has 7 nitrogen and oxygen atoms in total. The Hall–Kier alpha value is -1.83. The van der Waals surface area contributed by atoms with Crippen molar-refractivity contribution in [2.24, 2.45) is 0 Å². The molecule has 1 unspecified atom stereocenters. The van der Waals surface area contributed by atoms with Crippen LogP contribution in [0.5, 0.6) is 0 Å². The summed E-state index contributed by atoms with van der Waals surface area (Å²) in [5.41, 5.74) is 1.10. The first-order valence-corrected chi connectivity index (χ1v) is 8.25. The fourth-order valence-electron chi connectivity index (χ4n) is 1.89. The average Bonchev–Trinajstić information content (AvgIpc) is 2.26. The highest BCUT2D eigenvalue weighted by atomic mass is 32.2. The van der Waals surface area contributed by atoms with Crippen LogP contribution in [0.2, 0.25) is 0 Å². The number of nitrogens with one attached hydrogen (secondary N) is 2. The van der Waals surface area contributed by atoms with Crippen molar-refractivity contribution in [2.75, 3.05) is 29.2 Å². The Morgan fingerprint density at radius 3 is 2.40 bits per heavy atom. The first-order chi connectivity index (χ1) is 9.21. The van der Waals surface area contributed by atoms with Gasteiger partial charge in [0.1, 0.15) is 9.84 Å². The monoisotopic (exact) mass is 301 g/mol. The third-order valence-electron chi connectivity index (χ3n) is 2.48. The molecule has 1 atom stereocenters. The van der Waals surface area contributed by atoms with E-state index in [0.29, 0.717) is 17.9 Å². The van der Waals surface area contributed by atoms with Crippen molar-refractivity contribution in [1.29, 1.82) is 0 Å². The molecular formula is C12H19N3O4S. The van der Waals surface area contributed by atoms with Gasteiger partial charge in [0, 0.05) is 42.3 Å². The van der Waals surface area contributed by atoms with Crippen LogP contribution in [0.25, 0.3) is 0 Å². The van der Waals surface area contributed by atoms with Crippen molar-refractivity contribution in [1.82, 2.24) is 0 Å². The van der Waals surface area contributed by atoms with Crippen LogP contribution in [0, 0.1) is 10.1 Å². The predicted octanol–water partition coefficient (Wildman–Crippen LogP) is 1.87. The van der Waals surface area contributed by atoms with Gasteiger partial charge in [-0.25, -0.2) is 8.42 Å². The highest BCUT2D eigenvalue weighted by molar-refractivity contribution is 7.90. The Bertz CT molecular complexity index is 586. The smallest absolute Gasteiger partial charge is 0.273 e. The topological polar surface area (TPSA) is 101 Å². The number of rotatable bonds is 7. The predicted molar refractivity (Wildman–Crippen MR) is 80.1 cm³/mol. The summed E-state index contributed by atoms with van der Waals surface area (Å²) in [6, 6.07) is 4.21. The molecule has 0 heterocycles. The zero-order chi connectivity index (χ0) is 15.3. The Kier molecular flexibility index (Phi) is 5.32. The normalized spacial score (nSPS) is 12.8. The van der Waals surface area contributed by atoms with Crippen LogP contribution in [-0.4, -0.2) is 37.9 Å². The number of hydrogen-bond acceptors (Lipinski definition) is 6. The van der Waals surface area contributed by atoms with Gasteiger partial charge in [0.2, 0.25) is 0 Å². The number of nitro benzene ring substituents is 1. The van der Waals surface area contributed by atoms with Crippen molar-refractivity contribution >= 4 is 26.9 Å². The van der Waals surface area contributed by atoms with Crippen molar-refractivity contribution in [3.63, 3.8) is 0 Å². The summed E-state index contributed by atoms with van der Waals surface area (Å²) >= 11 is 0. The third kappa shape index (κ3) is 5.43.